The number of aryl methyl sites for hydroxylation is 2. The highest BCUT2D eigenvalue weighted by molar-refractivity contribution is 5.38. The van der Waals surface area contributed by atoms with Crippen LogP contribution < -0.4 is 10.1 Å². The van der Waals surface area contributed by atoms with Crippen molar-refractivity contribution in [3.05, 3.63) is 41.5 Å². The second-order valence-electron chi connectivity index (χ2n) is 4.64. The summed E-state index contributed by atoms with van der Waals surface area (Å²) in [5.41, 5.74) is 3.41. The molecule has 1 atom stereocenters. The van der Waals surface area contributed by atoms with E-state index in [1.54, 1.807) is 13.3 Å². The van der Waals surface area contributed by atoms with Gasteiger partial charge >= 0.3 is 0 Å². The van der Waals surface area contributed by atoms with Gasteiger partial charge in [-0.05, 0) is 37.6 Å². The molecule has 2 aromatic heterocycles. The third-order valence-corrected chi connectivity index (χ3v) is 3.44. The summed E-state index contributed by atoms with van der Waals surface area (Å²) in [7, 11) is 1.68. The Balaban J connectivity index is 2.54. The van der Waals surface area contributed by atoms with Crippen molar-refractivity contribution >= 4 is 0 Å². The Labute approximate surface area is 120 Å². The van der Waals surface area contributed by atoms with Gasteiger partial charge in [-0.2, -0.15) is 5.10 Å². The summed E-state index contributed by atoms with van der Waals surface area (Å²) in [4.78, 5) is 4.26. The Morgan fingerprint density at radius 3 is 2.75 bits per heavy atom. The summed E-state index contributed by atoms with van der Waals surface area (Å²) < 4.78 is 7.44. The second-order valence-corrected chi connectivity index (χ2v) is 4.64. The molecule has 20 heavy (non-hydrogen) atoms. The monoisotopic (exact) mass is 274 g/mol. The molecule has 1 N–H and O–H groups in total. The van der Waals surface area contributed by atoms with Crippen LogP contribution in [0.25, 0.3) is 0 Å². The highest BCUT2D eigenvalue weighted by atomic mass is 16.5. The predicted octanol–water partition coefficient (Wildman–Crippen LogP) is 2.31. The average molecular weight is 274 g/mol. The van der Waals surface area contributed by atoms with Gasteiger partial charge in [-0.25, -0.2) is 0 Å². The third kappa shape index (κ3) is 2.67. The molecule has 0 radical (unpaired) electrons. The Bertz CT molecular complexity index is 543. The lowest BCUT2D eigenvalue weighted by Gasteiger charge is -2.22. The first-order valence-electron chi connectivity index (χ1n) is 6.96. The van der Waals surface area contributed by atoms with E-state index in [0.29, 0.717) is 0 Å². The van der Waals surface area contributed by atoms with Gasteiger partial charge in [0.15, 0.2) is 5.75 Å². The van der Waals surface area contributed by atoms with Gasteiger partial charge in [-0.15, -0.1) is 0 Å². The molecular formula is C15H22N4O. The molecule has 0 fully saturated rings. The van der Waals surface area contributed by atoms with Gasteiger partial charge in [0.05, 0.1) is 19.3 Å². The lowest BCUT2D eigenvalue weighted by Crippen LogP contribution is -2.26. The number of hydrogen-bond acceptors (Lipinski definition) is 4. The maximum Gasteiger partial charge on any atom is 0.161 e. The summed E-state index contributed by atoms with van der Waals surface area (Å²) in [6.07, 6.45) is 5.50. The molecule has 0 spiro atoms. The molecule has 0 saturated carbocycles. The van der Waals surface area contributed by atoms with Crippen LogP contribution in [-0.4, -0.2) is 28.4 Å². The van der Waals surface area contributed by atoms with Gasteiger partial charge in [0.1, 0.15) is 5.69 Å². The number of nitrogens with zero attached hydrogens (tertiary/aromatic N) is 3. The van der Waals surface area contributed by atoms with E-state index in [-0.39, 0.29) is 6.04 Å². The maximum absolute atomic E-state index is 5.47. The summed E-state index contributed by atoms with van der Waals surface area (Å²) in [5.74, 6) is 0.807. The zero-order valence-corrected chi connectivity index (χ0v) is 12.6. The average Bonchev–Trinajstić information content (AvgIpc) is 2.88. The lowest BCUT2D eigenvalue weighted by molar-refractivity contribution is 0.399. The molecule has 0 amide bonds. The van der Waals surface area contributed by atoms with Crippen molar-refractivity contribution in [2.45, 2.75) is 33.4 Å². The number of methoxy groups -OCH3 is 1. The molecule has 0 aliphatic carbocycles. The van der Waals surface area contributed by atoms with Crippen LogP contribution in [0, 0.1) is 6.92 Å². The fourth-order valence-corrected chi connectivity index (χ4v) is 2.41. The van der Waals surface area contributed by atoms with Gasteiger partial charge in [-0.3, -0.25) is 9.67 Å². The van der Waals surface area contributed by atoms with E-state index in [0.717, 1.165) is 30.1 Å². The fraction of sp³-hybridized carbons (Fsp3) is 0.467. The molecule has 2 rings (SSSR count). The van der Waals surface area contributed by atoms with Crippen molar-refractivity contribution in [2.24, 2.45) is 0 Å². The summed E-state index contributed by atoms with van der Waals surface area (Å²) in [6.45, 7) is 7.93. The van der Waals surface area contributed by atoms with Crippen LogP contribution in [0.5, 0.6) is 5.75 Å². The molecule has 0 aromatic carbocycles. The largest absolute Gasteiger partial charge is 0.493 e. The maximum atomic E-state index is 5.47. The van der Waals surface area contributed by atoms with Crippen molar-refractivity contribution in [3.8, 4) is 5.75 Å². The standard InChI is InChI=1S/C15H22N4O/c1-5-17-14(12-9-16-8-7-11(12)3)15-13(20-4)10-18-19(15)6-2/h7-10,14,17H,5-6H2,1-4H3. The minimum atomic E-state index is 0.0334. The van der Waals surface area contributed by atoms with E-state index in [1.165, 1.54) is 5.56 Å². The highest BCUT2D eigenvalue weighted by Gasteiger charge is 2.23. The molecule has 5 heteroatoms. The number of aromatic nitrogens is 3. The first-order valence-corrected chi connectivity index (χ1v) is 6.96. The van der Waals surface area contributed by atoms with E-state index in [4.69, 9.17) is 4.74 Å². The fourth-order valence-electron chi connectivity index (χ4n) is 2.41. The highest BCUT2D eigenvalue weighted by Crippen LogP contribution is 2.31. The number of nitrogens with one attached hydrogen (secondary N) is 1. The predicted molar refractivity (Wildman–Crippen MR) is 78.9 cm³/mol. The number of pyridine rings is 1. The second kappa shape index (κ2) is 6.52. The normalized spacial score (nSPS) is 12.4. The van der Waals surface area contributed by atoms with Crippen LogP contribution in [0.15, 0.2) is 24.7 Å². The van der Waals surface area contributed by atoms with E-state index >= 15 is 0 Å². The minimum Gasteiger partial charge on any atom is -0.493 e. The molecule has 0 aliphatic heterocycles. The van der Waals surface area contributed by atoms with Crippen LogP contribution in [0.2, 0.25) is 0 Å². The van der Waals surface area contributed by atoms with Crippen molar-refractivity contribution in [3.63, 3.8) is 0 Å². The molecule has 0 saturated heterocycles. The molecular weight excluding hydrogens is 252 g/mol. The van der Waals surface area contributed by atoms with Gasteiger partial charge < -0.3 is 10.1 Å². The van der Waals surface area contributed by atoms with E-state index < -0.39 is 0 Å². The molecule has 0 bridgehead atoms. The van der Waals surface area contributed by atoms with E-state index in [9.17, 15) is 0 Å². The first-order chi connectivity index (χ1) is 9.72. The Morgan fingerprint density at radius 2 is 2.15 bits per heavy atom. The Morgan fingerprint density at radius 1 is 1.35 bits per heavy atom. The van der Waals surface area contributed by atoms with Crippen molar-refractivity contribution in [1.29, 1.82) is 0 Å². The molecule has 0 aliphatic rings. The van der Waals surface area contributed by atoms with Crippen molar-refractivity contribution in [2.75, 3.05) is 13.7 Å². The van der Waals surface area contributed by atoms with Crippen LogP contribution in [0.3, 0.4) is 0 Å². The lowest BCUT2D eigenvalue weighted by atomic mass is 10.0. The van der Waals surface area contributed by atoms with Crippen molar-refractivity contribution in [1.82, 2.24) is 20.1 Å². The summed E-state index contributed by atoms with van der Waals surface area (Å²) in [5, 5.41) is 7.91. The third-order valence-electron chi connectivity index (χ3n) is 3.44. The topological polar surface area (TPSA) is 52.0 Å². The van der Waals surface area contributed by atoms with Gasteiger partial charge in [0.25, 0.3) is 0 Å². The van der Waals surface area contributed by atoms with Crippen molar-refractivity contribution < 1.29 is 4.74 Å². The summed E-state index contributed by atoms with van der Waals surface area (Å²) >= 11 is 0. The number of rotatable bonds is 6. The smallest absolute Gasteiger partial charge is 0.161 e. The van der Waals surface area contributed by atoms with E-state index in [1.807, 2.05) is 23.1 Å². The van der Waals surface area contributed by atoms with Gasteiger partial charge in [-0.1, -0.05) is 6.92 Å². The van der Waals surface area contributed by atoms with Crippen LogP contribution >= 0.6 is 0 Å². The van der Waals surface area contributed by atoms with E-state index in [2.05, 4.69) is 36.2 Å². The molecule has 108 valence electrons. The number of hydrogen-bond donors (Lipinski definition) is 1. The minimum absolute atomic E-state index is 0.0334. The number of ether oxygens (including phenoxy) is 1. The Hall–Kier alpha value is -1.88. The van der Waals surface area contributed by atoms with Crippen LogP contribution in [0.4, 0.5) is 0 Å². The van der Waals surface area contributed by atoms with Crippen LogP contribution in [-0.2, 0) is 6.54 Å². The molecule has 1 unspecified atom stereocenters. The molecule has 5 nitrogen and oxygen atoms in total. The zero-order chi connectivity index (χ0) is 14.5. The van der Waals surface area contributed by atoms with Crippen LogP contribution in [0.1, 0.15) is 36.7 Å². The Kier molecular flexibility index (Phi) is 4.74. The van der Waals surface area contributed by atoms with Gasteiger partial charge in [0.2, 0.25) is 0 Å². The quantitative estimate of drug-likeness (QED) is 0.878. The molecule has 2 aromatic rings. The molecule has 2 heterocycles. The SMILES string of the molecule is CCNC(c1cnccc1C)c1c(OC)cnn1CC. The summed E-state index contributed by atoms with van der Waals surface area (Å²) in [6, 6.07) is 2.06. The zero-order valence-electron chi connectivity index (χ0n) is 12.6. The van der Waals surface area contributed by atoms with Gasteiger partial charge in [0, 0.05) is 18.9 Å². The first kappa shape index (κ1) is 14.5.